The van der Waals surface area contributed by atoms with Crippen molar-refractivity contribution in [3.63, 3.8) is 0 Å². The molecule has 3 N–H and O–H groups in total. The topological polar surface area (TPSA) is 140 Å². The summed E-state index contributed by atoms with van der Waals surface area (Å²) in [5.41, 5.74) is 0.889. The van der Waals surface area contributed by atoms with Gasteiger partial charge in [0.05, 0.1) is 16.9 Å². The Bertz CT molecular complexity index is 1280. The van der Waals surface area contributed by atoms with Gasteiger partial charge in [-0.25, -0.2) is 8.42 Å². The Morgan fingerprint density at radius 3 is 2.06 bits per heavy atom. The Morgan fingerprint density at radius 1 is 0.939 bits per heavy atom. The van der Waals surface area contributed by atoms with Crippen LogP contribution in [-0.4, -0.2) is 31.5 Å². The summed E-state index contributed by atoms with van der Waals surface area (Å²) >= 11 is 5.10. The van der Waals surface area contributed by atoms with Crippen LogP contribution in [0.2, 0.25) is 0 Å². The zero-order valence-electron chi connectivity index (χ0n) is 17.1. The van der Waals surface area contributed by atoms with E-state index in [1.54, 1.807) is 24.3 Å². The van der Waals surface area contributed by atoms with Crippen LogP contribution in [0.25, 0.3) is 0 Å². The van der Waals surface area contributed by atoms with Gasteiger partial charge in [0.15, 0.2) is 5.11 Å². The molecular weight excluding hydrogens is 468 g/mol. The lowest BCUT2D eigenvalue weighted by Gasteiger charge is -2.11. The lowest BCUT2D eigenvalue weighted by atomic mass is 10.2. The largest absolute Gasteiger partial charge is 0.497 e. The molecule has 0 aliphatic heterocycles. The van der Waals surface area contributed by atoms with E-state index in [0.29, 0.717) is 17.1 Å². The Balaban J connectivity index is 1.60. The van der Waals surface area contributed by atoms with Crippen molar-refractivity contribution in [3.05, 3.63) is 88.5 Å². The number of carbonyl (C=O) groups is 1. The van der Waals surface area contributed by atoms with Crippen molar-refractivity contribution in [2.24, 2.45) is 0 Å². The first kappa shape index (κ1) is 23.6. The Morgan fingerprint density at radius 2 is 1.52 bits per heavy atom. The van der Waals surface area contributed by atoms with Crippen LogP contribution in [0, 0.1) is 10.1 Å². The Hall–Kier alpha value is -4.03. The molecule has 0 fully saturated rings. The van der Waals surface area contributed by atoms with E-state index < -0.39 is 20.9 Å². The lowest BCUT2D eigenvalue weighted by Crippen LogP contribution is -2.34. The number of sulfonamides is 1. The number of ether oxygens (including phenoxy) is 1. The number of nitro groups is 1. The molecule has 0 aliphatic rings. The van der Waals surface area contributed by atoms with Gasteiger partial charge in [0.2, 0.25) is 0 Å². The highest BCUT2D eigenvalue weighted by molar-refractivity contribution is 7.92. The second-order valence-corrected chi connectivity index (χ2v) is 8.66. The van der Waals surface area contributed by atoms with E-state index in [0.717, 1.165) is 0 Å². The summed E-state index contributed by atoms with van der Waals surface area (Å²) in [6, 6.07) is 17.2. The van der Waals surface area contributed by atoms with Crippen LogP contribution >= 0.6 is 12.2 Å². The molecule has 0 bridgehead atoms. The first-order valence-electron chi connectivity index (χ1n) is 9.32. The molecule has 12 heteroatoms. The summed E-state index contributed by atoms with van der Waals surface area (Å²) in [6.07, 6.45) is 0. The maximum Gasteiger partial charge on any atom is 0.269 e. The number of nitro benzene ring substituents is 1. The van der Waals surface area contributed by atoms with E-state index >= 15 is 0 Å². The molecule has 33 heavy (non-hydrogen) atoms. The molecule has 3 aromatic carbocycles. The molecule has 0 aromatic heterocycles. The predicted molar refractivity (Wildman–Crippen MR) is 127 cm³/mol. The molecule has 0 saturated carbocycles. The van der Waals surface area contributed by atoms with Crippen molar-refractivity contribution in [1.82, 2.24) is 5.32 Å². The quantitative estimate of drug-likeness (QED) is 0.262. The maximum absolute atomic E-state index is 12.6. The molecule has 0 unspecified atom stereocenters. The van der Waals surface area contributed by atoms with Crippen molar-refractivity contribution < 1.29 is 22.9 Å². The van der Waals surface area contributed by atoms with Crippen molar-refractivity contribution in [2.45, 2.75) is 4.90 Å². The highest BCUT2D eigenvalue weighted by Gasteiger charge is 2.15. The molecule has 0 atom stereocenters. The first-order valence-corrected chi connectivity index (χ1v) is 11.2. The molecule has 0 radical (unpaired) electrons. The predicted octanol–water partition coefficient (Wildman–Crippen LogP) is 3.53. The number of nitrogens with one attached hydrogen (secondary N) is 3. The van der Waals surface area contributed by atoms with E-state index in [1.165, 1.54) is 55.6 Å². The number of nitrogens with zero attached hydrogens (tertiary/aromatic N) is 1. The van der Waals surface area contributed by atoms with Gasteiger partial charge in [-0.15, -0.1) is 0 Å². The van der Waals surface area contributed by atoms with E-state index in [4.69, 9.17) is 17.0 Å². The van der Waals surface area contributed by atoms with Gasteiger partial charge in [0.25, 0.3) is 21.6 Å². The smallest absolute Gasteiger partial charge is 0.269 e. The highest BCUT2D eigenvalue weighted by atomic mass is 32.2. The summed E-state index contributed by atoms with van der Waals surface area (Å²) in [7, 11) is -2.30. The van der Waals surface area contributed by atoms with Crippen LogP contribution < -0.4 is 20.1 Å². The zero-order chi connectivity index (χ0) is 24.0. The number of anilines is 2. The second-order valence-electron chi connectivity index (χ2n) is 6.57. The van der Waals surface area contributed by atoms with E-state index in [9.17, 15) is 23.3 Å². The summed E-state index contributed by atoms with van der Waals surface area (Å²) < 4.78 is 32.7. The summed E-state index contributed by atoms with van der Waals surface area (Å²) in [6.45, 7) is 0. The van der Waals surface area contributed by atoms with Crippen LogP contribution in [0.1, 0.15) is 10.4 Å². The lowest BCUT2D eigenvalue weighted by molar-refractivity contribution is -0.384. The molecule has 10 nitrogen and oxygen atoms in total. The fourth-order valence-corrected chi connectivity index (χ4v) is 3.93. The van der Waals surface area contributed by atoms with Gasteiger partial charge in [-0.2, -0.15) is 0 Å². The molecule has 0 heterocycles. The molecule has 1 amide bonds. The van der Waals surface area contributed by atoms with E-state index in [2.05, 4.69) is 15.4 Å². The van der Waals surface area contributed by atoms with Gasteiger partial charge in [0.1, 0.15) is 5.75 Å². The number of non-ortho nitro benzene ring substituents is 1. The van der Waals surface area contributed by atoms with Gasteiger partial charge in [-0.05, 0) is 72.9 Å². The van der Waals surface area contributed by atoms with Crippen LogP contribution in [0.4, 0.5) is 17.1 Å². The van der Waals surface area contributed by atoms with Crippen LogP contribution in [0.3, 0.4) is 0 Å². The first-order chi connectivity index (χ1) is 15.7. The van der Waals surface area contributed by atoms with Crippen molar-refractivity contribution in [3.8, 4) is 5.75 Å². The number of hydrogen-bond acceptors (Lipinski definition) is 7. The maximum atomic E-state index is 12.6. The number of methoxy groups -OCH3 is 1. The fourth-order valence-electron chi connectivity index (χ4n) is 2.66. The molecule has 3 rings (SSSR count). The van der Waals surface area contributed by atoms with Crippen LogP contribution in [0.5, 0.6) is 5.75 Å². The standard InChI is InChI=1S/C21H18N4O6S2/c1-31-18-10-4-16(5-11-18)24-33(29,30)19-12-6-15(7-13-19)22-21(32)23-20(26)14-2-8-17(9-3-14)25(27)28/h2-13,24H,1H3,(H2,22,23,26,32). The van der Waals surface area contributed by atoms with Crippen LogP contribution in [-0.2, 0) is 10.0 Å². The minimum atomic E-state index is -3.81. The average Bonchev–Trinajstić information content (AvgIpc) is 2.79. The van der Waals surface area contributed by atoms with Gasteiger partial charge in [0, 0.05) is 29.1 Å². The second kappa shape index (κ2) is 10.1. The molecule has 0 saturated heterocycles. The number of carbonyl (C=O) groups excluding carboxylic acids is 1. The Kier molecular flexibility index (Phi) is 7.20. The summed E-state index contributed by atoms with van der Waals surface area (Å²) in [5, 5.41) is 15.9. The van der Waals surface area contributed by atoms with Gasteiger partial charge < -0.3 is 10.1 Å². The number of amides is 1. The number of thiocarbonyl (C=S) groups is 1. The van der Waals surface area contributed by atoms with Crippen molar-refractivity contribution in [2.75, 3.05) is 17.1 Å². The third kappa shape index (κ3) is 6.24. The molecule has 0 spiro atoms. The van der Waals surface area contributed by atoms with Crippen molar-refractivity contribution in [1.29, 1.82) is 0 Å². The van der Waals surface area contributed by atoms with Gasteiger partial charge in [-0.3, -0.25) is 24.9 Å². The van der Waals surface area contributed by atoms with Gasteiger partial charge in [-0.1, -0.05) is 0 Å². The summed E-state index contributed by atoms with van der Waals surface area (Å²) in [4.78, 5) is 22.4. The zero-order valence-corrected chi connectivity index (χ0v) is 18.8. The average molecular weight is 487 g/mol. The molecule has 0 aliphatic carbocycles. The fraction of sp³-hybridized carbons (Fsp3) is 0.0476. The highest BCUT2D eigenvalue weighted by Crippen LogP contribution is 2.20. The normalized spacial score (nSPS) is 10.7. The van der Waals surface area contributed by atoms with Gasteiger partial charge >= 0.3 is 0 Å². The van der Waals surface area contributed by atoms with E-state index in [-0.39, 0.29) is 21.3 Å². The summed E-state index contributed by atoms with van der Waals surface area (Å²) in [5.74, 6) is 0.0512. The number of rotatable bonds is 7. The van der Waals surface area contributed by atoms with E-state index in [1.807, 2.05) is 0 Å². The third-order valence-electron chi connectivity index (χ3n) is 4.33. The molecule has 170 valence electrons. The number of benzene rings is 3. The monoisotopic (exact) mass is 486 g/mol. The molecular formula is C21H18N4O6S2. The molecule has 3 aromatic rings. The Labute approximate surface area is 194 Å². The SMILES string of the molecule is COc1ccc(NS(=O)(=O)c2ccc(NC(=S)NC(=O)c3ccc([N+](=O)[O-])cc3)cc2)cc1. The van der Waals surface area contributed by atoms with Crippen molar-refractivity contribution >= 4 is 50.3 Å². The number of hydrogen-bond donors (Lipinski definition) is 3. The third-order valence-corrected chi connectivity index (χ3v) is 5.93. The minimum Gasteiger partial charge on any atom is -0.497 e. The van der Waals surface area contributed by atoms with Crippen LogP contribution in [0.15, 0.2) is 77.7 Å². The minimum absolute atomic E-state index is 0.0229.